The third kappa shape index (κ3) is 3.57. The Hall–Kier alpha value is -1.83. The van der Waals surface area contributed by atoms with Gasteiger partial charge >= 0.3 is 6.01 Å². The highest BCUT2D eigenvalue weighted by Gasteiger charge is 2.10. The summed E-state index contributed by atoms with van der Waals surface area (Å²) in [4.78, 5) is 16.9. The summed E-state index contributed by atoms with van der Waals surface area (Å²) in [6.45, 7) is 2.61. The summed E-state index contributed by atoms with van der Waals surface area (Å²) in [5.74, 6) is 0.484. The smallest absolute Gasteiger partial charge is 0.322 e. The number of nitrogens with zero attached hydrogens (tertiary/aromatic N) is 5. The fourth-order valence-electron chi connectivity index (χ4n) is 1.29. The van der Waals surface area contributed by atoms with Crippen LogP contribution >= 0.6 is 11.8 Å². The summed E-state index contributed by atoms with van der Waals surface area (Å²) in [6.07, 6.45) is 4.51. The van der Waals surface area contributed by atoms with Crippen molar-refractivity contribution in [3.63, 3.8) is 0 Å². The zero-order chi connectivity index (χ0) is 13.7. The highest BCUT2D eigenvalue weighted by molar-refractivity contribution is 7.99. The fraction of sp³-hybridized carbons (Fsp3) is 0.455. The van der Waals surface area contributed by atoms with Crippen LogP contribution in [-0.4, -0.2) is 38.2 Å². The first-order valence-corrected chi connectivity index (χ1v) is 6.76. The molecule has 0 bridgehead atoms. The second-order valence-electron chi connectivity index (χ2n) is 3.75. The molecule has 8 heteroatoms. The van der Waals surface area contributed by atoms with E-state index in [0.717, 1.165) is 11.6 Å². The van der Waals surface area contributed by atoms with E-state index >= 15 is 0 Å². The lowest BCUT2D eigenvalue weighted by molar-refractivity contribution is 0.288. The minimum absolute atomic E-state index is 0.331. The van der Waals surface area contributed by atoms with Crippen LogP contribution in [0.3, 0.4) is 0 Å². The molecular formula is C11H16N6OS. The van der Waals surface area contributed by atoms with Gasteiger partial charge in [0.25, 0.3) is 0 Å². The van der Waals surface area contributed by atoms with Gasteiger partial charge in [0, 0.05) is 26.5 Å². The maximum Gasteiger partial charge on any atom is 0.322 e. The lowest BCUT2D eigenvalue weighted by Crippen LogP contribution is -2.06. The molecule has 0 spiro atoms. The minimum Gasteiger partial charge on any atom is -0.463 e. The maximum atomic E-state index is 5.44. The van der Waals surface area contributed by atoms with Gasteiger partial charge in [0.2, 0.25) is 11.1 Å². The van der Waals surface area contributed by atoms with Crippen LogP contribution in [0.1, 0.15) is 13.3 Å². The number of rotatable bonds is 6. The van der Waals surface area contributed by atoms with E-state index in [0.29, 0.717) is 23.7 Å². The number of aryl methyl sites for hydroxylation is 1. The van der Waals surface area contributed by atoms with Crippen molar-refractivity contribution in [2.24, 2.45) is 7.05 Å². The van der Waals surface area contributed by atoms with Crippen molar-refractivity contribution >= 4 is 17.7 Å². The molecule has 2 aromatic rings. The molecule has 0 saturated carbocycles. The first-order chi connectivity index (χ1) is 9.22. The highest BCUT2D eigenvalue weighted by Crippen LogP contribution is 2.24. The number of aromatic nitrogens is 5. The van der Waals surface area contributed by atoms with Crippen LogP contribution in [0.15, 0.2) is 22.7 Å². The first kappa shape index (κ1) is 13.6. The zero-order valence-corrected chi connectivity index (χ0v) is 11.9. The largest absolute Gasteiger partial charge is 0.463 e. The predicted molar refractivity (Wildman–Crippen MR) is 72.5 cm³/mol. The van der Waals surface area contributed by atoms with Gasteiger partial charge in [-0.15, -0.1) is 0 Å². The molecule has 0 radical (unpaired) electrons. The summed E-state index contributed by atoms with van der Waals surface area (Å²) in [5.41, 5.74) is 0. The number of anilines is 1. The average Bonchev–Trinajstić information content (AvgIpc) is 2.81. The molecule has 1 N–H and O–H groups in total. The van der Waals surface area contributed by atoms with Gasteiger partial charge in [-0.1, -0.05) is 6.92 Å². The summed E-state index contributed by atoms with van der Waals surface area (Å²) < 4.78 is 7.35. The van der Waals surface area contributed by atoms with Gasteiger partial charge in [-0.2, -0.15) is 15.0 Å². The fourth-order valence-corrected chi connectivity index (χ4v) is 2.02. The van der Waals surface area contributed by atoms with Crippen LogP contribution in [0.4, 0.5) is 5.95 Å². The first-order valence-electron chi connectivity index (χ1n) is 5.94. The Balaban J connectivity index is 2.21. The number of nitrogens with one attached hydrogen (secondary N) is 1. The van der Waals surface area contributed by atoms with E-state index < -0.39 is 0 Å². The van der Waals surface area contributed by atoms with E-state index in [4.69, 9.17) is 4.74 Å². The molecular weight excluding hydrogens is 264 g/mol. The van der Waals surface area contributed by atoms with Gasteiger partial charge in [0.1, 0.15) is 0 Å². The van der Waals surface area contributed by atoms with Crippen molar-refractivity contribution in [1.29, 1.82) is 0 Å². The molecule has 0 atom stereocenters. The van der Waals surface area contributed by atoms with Gasteiger partial charge < -0.3 is 14.6 Å². The molecule has 19 heavy (non-hydrogen) atoms. The normalized spacial score (nSPS) is 10.5. The maximum absolute atomic E-state index is 5.44. The van der Waals surface area contributed by atoms with E-state index in [1.807, 2.05) is 24.7 Å². The van der Waals surface area contributed by atoms with E-state index in [9.17, 15) is 0 Å². The van der Waals surface area contributed by atoms with Gasteiger partial charge in [-0.05, 0) is 18.2 Å². The molecule has 102 valence electrons. The van der Waals surface area contributed by atoms with Crippen molar-refractivity contribution in [2.45, 2.75) is 23.7 Å². The van der Waals surface area contributed by atoms with Crippen LogP contribution < -0.4 is 10.1 Å². The molecule has 7 nitrogen and oxygen atoms in total. The van der Waals surface area contributed by atoms with Crippen molar-refractivity contribution in [3.05, 3.63) is 12.4 Å². The molecule has 0 amide bonds. The molecule has 0 aliphatic heterocycles. The Kier molecular flexibility index (Phi) is 4.56. The van der Waals surface area contributed by atoms with E-state index in [1.165, 1.54) is 11.8 Å². The van der Waals surface area contributed by atoms with Crippen molar-refractivity contribution in [3.8, 4) is 6.01 Å². The Morgan fingerprint density at radius 3 is 2.84 bits per heavy atom. The molecule has 0 saturated heterocycles. The minimum atomic E-state index is 0.331. The third-order valence-electron chi connectivity index (χ3n) is 2.21. The molecule has 0 aromatic carbocycles. The van der Waals surface area contributed by atoms with Gasteiger partial charge in [-0.25, -0.2) is 4.98 Å². The topological polar surface area (TPSA) is 77.8 Å². The monoisotopic (exact) mass is 280 g/mol. The second-order valence-corrected chi connectivity index (χ2v) is 4.68. The SMILES string of the molecule is CCCOc1nc(NC)nc(Sc2nccn2C)n1. The molecule has 2 rings (SSSR count). The van der Waals surface area contributed by atoms with Crippen molar-refractivity contribution in [2.75, 3.05) is 19.0 Å². The van der Waals surface area contributed by atoms with E-state index in [-0.39, 0.29) is 0 Å². The summed E-state index contributed by atoms with van der Waals surface area (Å²) in [5, 5.41) is 4.27. The Labute approximate surface area is 115 Å². The van der Waals surface area contributed by atoms with E-state index in [1.54, 1.807) is 13.2 Å². The van der Waals surface area contributed by atoms with Crippen LogP contribution in [0.2, 0.25) is 0 Å². The third-order valence-corrected chi connectivity index (χ3v) is 3.15. The Morgan fingerprint density at radius 2 is 2.21 bits per heavy atom. The summed E-state index contributed by atoms with van der Waals surface area (Å²) >= 11 is 1.37. The quantitative estimate of drug-likeness (QED) is 0.860. The van der Waals surface area contributed by atoms with Crippen LogP contribution in [0.5, 0.6) is 6.01 Å². The summed E-state index contributed by atoms with van der Waals surface area (Å²) in [7, 11) is 3.68. The van der Waals surface area contributed by atoms with Gasteiger partial charge in [0.05, 0.1) is 6.61 Å². The lowest BCUT2D eigenvalue weighted by Gasteiger charge is -2.06. The number of ether oxygens (including phenoxy) is 1. The number of hydrogen-bond donors (Lipinski definition) is 1. The Bertz CT molecular complexity index is 544. The Morgan fingerprint density at radius 1 is 1.37 bits per heavy atom. The van der Waals surface area contributed by atoms with Crippen molar-refractivity contribution < 1.29 is 4.74 Å². The average molecular weight is 280 g/mol. The molecule has 0 aliphatic carbocycles. The standard InChI is InChI=1S/C11H16N6OS/c1-4-7-18-9-14-8(12-2)15-10(16-9)19-11-13-5-6-17(11)3/h5-6H,4,7H2,1-3H3,(H,12,14,15,16). The number of imidazole rings is 1. The van der Waals surface area contributed by atoms with Gasteiger partial charge in [-0.3, -0.25) is 0 Å². The summed E-state index contributed by atoms with van der Waals surface area (Å²) in [6, 6.07) is 0.331. The van der Waals surface area contributed by atoms with E-state index in [2.05, 4.69) is 25.3 Å². The van der Waals surface area contributed by atoms with Crippen molar-refractivity contribution in [1.82, 2.24) is 24.5 Å². The van der Waals surface area contributed by atoms with Crippen LogP contribution in [-0.2, 0) is 7.05 Å². The predicted octanol–water partition coefficient (Wildman–Crippen LogP) is 1.59. The lowest BCUT2D eigenvalue weighted by atomic mass is 10.5. The highest BCUT2D eigenvalue weighted by atomic mass is 32.2. The molecule has 2 heterocycles. The zero-order valence-electron chi connectivity index (χ0n) is 11.1. The molecule has 0 aliphatic rings. The molecule has 0 fully saturated rings. The van der Waals surface area contributed by atoms with Gasteiger partial charge in [0.15, 0.2) is 5.16 Å². The van der Waals surface area contributed by atoms with Crippen LogP contribution in [0, 0.1) is 0 Å². The molecule has 2 aromatic heterocycles. The van der Waals surface area contributed by atoms with Crippen LogP contribution in [0.25, 0.3) is 0 Å². The second kappa shape index (κ2) is 6.37. The molecule has 0 unspecified atom stereocenters. The number of hydrogen-bond acceptors (Lipinski definition) is 7.